The molecule has 4 rings (SSSR count). The number of benzene rings is 2. The normalized spacial score (nSPS) is 13.3. The smallest absolute Gasteiger partial charge is 0.148 e. The van der Waals surface area contributed by atoms with Crippen LogP contribution in [0.1, 0.15) is 43.4 Å². The first-order valence-corrected chi connectivity index (χ1v) is 10.2. The lowest BCUT2D eigenvalue weighted by molar-refractivity contribution is 0.686. The minimum Gasteiger partial charge on any atom is -0.382 e. The molecule has 1 N–H and O–H groups in total. The number of aryl methyl sites for hydroxylation is 1. The lowest BCUT2D eigenvalue weighted by Crippen LogP contribution is -2.10. The van der Waals surface area contributed by atoms with Crippen LogP contribution in [-0.2, 0) is 12.8 Å². The first kappa shape index (κ1) is 17.7. The largest absolute Gasteiger partial charge is 0.382 e. The summed E-state index contributed by atoms with van der Waals surface area (Å²) in [5, 5.41) is 23.5. The van der Waals surface area contributed by atoms with Gasteiger partial charge in [0.1, 0.15) is 16.1 Å². The Morgan fingerprint density at radius 1 is 1.07 bits per heavy atom. The maximum atomic E-state index is 9.50. The average molecular weight is 375 g/mol. The molecule has 3 aromatic rings. The van der Waals surface area contributed by atoms with E-state index >= 15 is 0 Å². The van der Waals surface area contributed by atoms with Crippen LogP contribution in [-0.4, -0.2) is 16.2 Å². The van der Waals surface area contributed by atoms with Crippen LogP contribution in [0.3, 0.4) is 0 Å². The molecule has 27 heavy (non-hydrogen) atoms. The Morgan fingerprint density at radius 3 is 2.70 bits per heavy atom. The predicted octanol–water partition coefficient (Wildman–Crippen LogP) is 5.44. The molecule has 1 heterocycles. The Morgan fingerprint density at radius 2 is 1.89 bits per heavy atom. The number of anilines is 1. The zero-order valence-electron chi connectivity index (χ0n) is 15.6. The van der Waals surface area contributed by atoms with Crippen molar-refractivity contribution in [1.29, 1.82) is 5.26 Å². The second-order valence-corrected chi connectivity index (χ2v) is 8.21. The molecule has 0 bridgehead atoms. The fraction of sp³-hybridized carbons (Fsp3) is 0.318. The minimum absolute atomic E-state index is 0.278. The van der Waals surface area contributed by atoms with E-state index in [1.807, 2.05) is 18.2 Å². The summed E-state index contributed by atoms with van der Waals surface area (Å²) in [6, 6.07) is 14.9. The van der Waals surface area contributed by atoms with Gasteiger partial charge in [-0.1, -0.05) is 29.5 Å². The summed E-state index contributed by atoms with van der Waals surface area (Å²) in [7, 11) is 0. The number of hydrogen-bond donors (Lipinski definition) is 1. The van der Waals surface area contributed by atoms with E-state index in [2.05, 4.69) is 53.6 Å². The van der Waals surface area contributed by atoms with Crippen molar-refractivity contribution in [1.82, 2.24) is 10.2 Å². The second kappa shape index (κ2) is 7.50. The quantitative estimate of drug-likeness (QED) is 0.660. The highest BCUT2D eigenvalue weighted by atomic mass is 32.1. The van der Waals surface area contributed by atoms with Gasteiger partial charge in [-0.25, -0.2) is 0 Å². The molecular formula is C22H22N4S. The molecule has 0 saturated carbocycles. The zero-order valence-corrected chi connectivity index (χ0v) is 16.4. The van der Waals surface area contributed by atoms with Gasteiger partial charge in [0.05, 0.1) is 11.3 Å². The highest BCUT2D eigenvalue weighted by Gasteiger charge is 2.17. The summed E-state index contributed by atoms with van der Waals surface area (Å²) in [6.45, 7) is 4.12. The lowest BCUT2D eigenvalue weighted by Gasteiger charge is -2.17. The lowest BCUT2D eigenvalue weighted by atomic mass is 9.88. The molecule has 0 aliphatic heterocycles. The number of rotatable bonds is 4. The molecule has 2 aromatic carbocycles. The van der Waals surface area contributed by atoms with Crippen molar-refractivity contribution >= 4 is 17.0 Å². The molecule has 5 heteroatoms. The van der Waals surface area contributed by atoms with Gasteiger partial charge in [-0.3, -0.25) is 0 Å². The van der Waals surface area contributed by atoms with Gasteiger partial charge in [0.15, 0.2) is 0 Å². The fourth-order valence-electron chi connectivity index (χ4n) is 3.64. The van der Waals surface area contributed by atoms with E-state index < -0.39 is 0 Å². The van der Waals surface area contributed by atoms with Crippen LogP contribution in [0.2, 0.25) is 0 Å². The summed E-state index contributed by atoms with van der Waals surface area (Å²) >= 11 is 1.60. The molecule has 0 unspecified atom stereocenters. The van der Waals surface area contributed by atoms with Crippen LogP contribution in [0.5, 0.6) is 0 Å². The number of hydrogen-bond acceptors (Lipinski definition) is 5. The monoisotopic (exact) mass is 374 g/mol. The number of nitriles is 1. The molecule has 0 amide bonds. The summed E-state index contributed by atoms with van der Waals surface area (Å²) in [5.74, 6) is 0. The number of nitrogens with zero attached hydrogens (tertiary/aromatic N) is 3. The molecule has 0 atom stereocenters. The van der Waals surface area contributed by atoms with Crippen molar-refractivity contribution < 1.29 is 0 Å². The van der Waals surface area contributed by atoms with Gasteiger partial charge in [0.2, 0.25) is 0 Å². The Kier molecular flexibility index (Phi) is 4.91. The van der Waals surface area contributed by atoms with Crippen LogP contribution >= 0.6 is 11.3 Å². The Labute approximate surface area is 163 Å². The first-order chi connectivity index (χ1) is 13.2. The third-order valence-corrected chi connectivity index (χ3v) is 5.89. The van der Waals surface area contributed by atoms with Crippen molar-refractivity contribution in [3.63, 3.8) is 0 Å². The maximum absolute atomic E-state index is 9.50. The second-order valence-electron chi connectivity index (χ2n) is 7.23. The van der Waals surface area contributed by atoms with Gasteiger partial charge in [-0.05, 0) is 68.9 Å². The molecule has 136 valence electrons. The van der Waals surface area contributed by atoms with Crippen molar-refractivity contribution in [2.75, 3.05) is 5.32 Å². The van der Waals surface area contributed by atoms with E-state index in [1.54, 1.807) is 11.3 Å². The van der Waals surface area contributed by atoms with Gasteiger partial charge in [0.25, 0.3) is 0 Å². The van der Waals surface area contributed by atoms with Crippen LogP contribution in [0.15, 0.2) is 36.4 Å². The van der Waals surface area contributed by atoms with Crippen LogP contribution in [0.4, 0.5) is 5.69 Å². The summed E-state index contributed by atoms with van der Waals surface area (Å²) < 4.78 is 0. The van der Waals surface area contributed by atoms with Gasteiger partial charge in [-0.2, -0.15) is 5.26 Å². The third kappa shape index (κ3) is 3.58. The fourth-order valence-corrected chi connectivity index (χ4v) is 4.53. The summed E-state index contributed by atoms with van der Waals surface area (Å²) in [5.41, 5.74) is 6.53. The van der Waals surface area contributed by atoms with Crippen molar-refractivity contribution in [2.24, 2.45) is 0 Å². The van der Waals surface area contributed by atoms with Gasteiger partial charge in [0, 0.05) is 17.2 Å². The zero-order chi connectivity index (χ0) is 18.8. The van der Waals surface area contributed by atoms with E-state index in [1.165, 1.54) is 29.5 Å². The van der Waals surface area contributed by atoms with E-state index in [9.17, 15) is 5.26 Å². The van der Waals surface area contributed by atoms with Crippen LogP contribution in [0, 0.1) is 11.3 Å². The topological polar surface area (TPSA) is 61.6 Å². The average Bonchev–Trinajstić information content (AvgIpc) is 3.17. The molecule has 1 aliphatic rings. The highest BCUT2D eigenvalue weighted by molar-refractivity contribution is 7.17. The third-order valence-electron chi connectivity index (χ3n) is 4.88. The van der Waals surface area contributed by atoms with Crippen LogP contribution in [0.25, 0.3) is 21.1 Å². The number of aromatic nitrogens is 2. The van der Waals surface area contributed by atoms with Gasteiger partial charge < -0.3 is 5.32 Å². The minimum atomic E-state index is 0.278. The molecule has 0 saturated heterocycles. The predicted molar refractivity (Wildman–Crippen MR) is 111 cm³/mol. The summed E-state index contributed by atoms with van der Waals surface area (Å²) in [6.07, 6.45) is 4.79. The van der Waals surface area contributed by atoms with E-state index in [0.717, 1.165) is 34.1 Å². The summed E-state index contributed by atoms with van der Waals surface area (Å²) in [4.78, 5) is 0. The highest BCUT2D eigenvalue weighted by Crippen LogP contribution is 2.36. The molecule has 1 aliphatic carbocycles. The number of nitrogens with one attached hydrogen (secondary N) is 1. The van der Waals surface area contributed by atoms with Crippen molar-refractivity contribution in [2.45, 2.75) is 45.6 Å². The van der Waals surface area contributed by atoms with E-state index in [-0.39, 0.29) is 6.04 Å². The molecule has 1 aromatic heterocycles. The standard InChI is InChI=1S/C22H22N4S/c1-14(2)24-20-11-10-16(12-17(20)13-23)21-25-26-22(27-21)19-9-5-7-15-6-3-4-8-18(15)19/h5,7,9-12,14,24H,3-4,6,8H2,1-2H3. The van der Waals surface area contributed by atoms with Crippen molar-refractivity contribution in [3.8, 4) is 27.2 Å². The van der Waals surface area contributed by atoms with Gasteiger partial charge in [-0.15, -0.1) is 10.2 Å². The van der Waals surface area contributed by atoms with E-state index in [0.29, 0.717) is 5.56 Å². The Balaban J connectivity index is 1.69. The molecule has 0 radical (unpaired) electrons. The molecular weight excluding hydrogens is 352 g/mol. The number of fused-ring (bicyclic) bond motifs is 1. The maximum Gasteiger partial charge on any atom is 0.148 e. The SMILES string of the molecule is CC(C)Nc1ccc(-c2nnc(-c3cccc4c3CCCC4)s2)cc1C#N. The Hall–Kier alpha value is -2.71. The van der Waals surface area contributed by atoms with Crippen LogP contribution < -0.4 is 5.32 Å². The molecule has 0 fully saturated rings. The first-order valence-electron chi connectivity index (χ1n) is 9.41. The van der Waals surface area contributed by atoms with E-state index in [4.69, 9.17) is 0 Å². The van der Waals surface area contributed by atoms with Crippen molar-refractivity contribution in [3.05, 3.63) is 53.1 Å². The Bertz CT molecular complexity index is 1010. The molecule has 0 spiro atoms. The van der Waals surface area contributed by atoms with Gasteiger partial charge >= 0.3 is 0 Å². The molecule has 4 nitrogen and oxygen atoms in total.